The number of hydrogen-bond acceptors (Lipinski definition) is 4. The molecule has 0 aliphatic carbocycles. The van der Waals surface area contributed by atoms with E-state index in [0.29, 0.717) is 40.2 Å². The summed E-state index contributed by atoms with van der Waals surface area (Å²) in [5.74, 6) is 1.75. The summed E-state index contributed by atoms with van der Waals surface area (Å²) in [4.78, 5) is 0. The van der Waals surface area contributed by atoms with Crippen molar-refractivity contribution in [3.05, 3.63) is 23.2 Å². The Labute approximate surface area is 116 Å². The summed E-state index contributed by atoms with van der Waals surface area (Å²) < 4.78 is 12.5. The molecule has 5 nitrogen and oxygen atoms in total. The fourth-order valence-corrected chi connectivity index (χ4v) is 2.08. The summed E-state index contributed by atoms with van der Waals surface area (Å²) in [6.07, 6.45) is 0. The minimum Gasteiger partial charge on any atom is -0.493 e. The lowest BCUT2D eigenvalue weighted by atomic mass is 10.1. The zero-order valence-corrected chi connectivity index (χ0v) is 11.9. The van der Waals surface area contributed by atoms with Crippen LogP contribution in [0.5, 0.6) is 11.5 Å². The Hall–Kier alpha value is -1.88. The van der Waals surface area contributed by atoms with Gasteiger partial charge in [-0.2, -0.15) is 5.10 Å². The number of benzene rings is 1. The molecule has 1 aromatic heterocycles. The number of nitrogens with zero attached hydrogens (tertiary/aromatic N) is 2. The number of hydrogen-bond donors (Lipinski definition) is 1. The average molecular weight is 282 g/mol. The molecule has 0 saturated carbocycles. The molecular weight excluding hydrogens is 266 g/mol. The molecule has 0 saturated heterocycles. The third-order valence-electron chi connectivity index (χ3n) is 2.75. The summed E-state index contributed by atoms with van der Waals surface area (Å²) in [5.41, 5.74) is 7.16. The van der Waals surface area contributed by atoms with Crippen LogP contribution in [0.3, 0.4) is 0 Å². The predicted molar refractivity (Wildman–Crippen MR) is 75.8 cm³/mol. The highest BCUT2D eigenvalue weighted by molar-refractivity contribution is 6.33. The van der Waals surface area contributed by atoms with Gasteiger partial charge in [0.2, 0.25) is 0 Å². The average Bonchev–Trinajstić information content (AvgIpc) is 2.70. The summed E-state index contributed by atoms with van der Waals surface area (Å²) in [7, 11) is 3.36. The first-order valence-electron chi connectivity index (χ1n) is 5.87. The summed E-state index contributed by atoms with van der Waals surface area (Å²) in [6.45, 7) is 2.41. The van der Waals surface area contributed by atoms with E-state index in [2.05, 4.69) is 5.10 Å². The van der Waals surface area contributed by atoms with Crippen LogP contribution in [-0.2, 0) is 7.05 Å². The highest BCUT2D eigenvalue weighted by Gasteiger charge is 2.19. The van der Waals surface area contributed by atoms with Crippen molar-refractivity contribution in [2.24, 2.45) is 7.05 Å². The van der Waals surface area contributed by atoms with Crippen molar-refractivity contribution >= 4 is 17.4 Å². The van der Waals surface area contributed by atoms with Gasteiger partial charge in [-0.05, 0) is 19.1 Å². The van der Waals surface area contributed by atoms with Gasteiger partial charge in [-0.3, -0.25) is 4.68 Å². The van der Waals surface area contributed by atoms with Crippen molar-refractivity contribution in [3.63, 3.8) is 0 Å². The maximum atomic E-state index is 6.26. The van der Waals surface area contributed by atoms with Gasteiger partial charge in [0.25, 0.3) is 0 Å². The first kappa shape index (κ1) is 13.5. The minimum absolute atomic E-state index is 0.506. The van der Waals surface area contributed by atoms with Gasteiger partial charge in [-0.1, -0.05) is 11.6 Å². The molecule has 6 heteroatoms. The standard InChI is InChI=1S/C13H16ClN3O2/c1-4-19-13-10(18-3)6-5-8(14)12(13)9-7-11(15)17(2)16-9/h5-7H,4,15H2,1-3H3. The Morgan fingerprint density at radius 1 is 1.42 bits per heavy atom. The van der Waals surface area contributed by atoms with E-state index in [4.69, 9.17) is 26.8 Å². The van der Waals surface area contributed by atoms with Crippen LogP contribution >= 0.6 is 11.6 Å². The van der Waals surface area contributed by atoms with E-state index in [1.54, 1.807) is 37.0 Å². The van der Waals surface area contributed by atoms with Gasteiger partial charge in [0.15, 0.2) is 11.5 Å². The Morgan fingerprint density at radius 2 is 2.16 bits per heavy atom. The molecule has 1 aromatic carbocycles. The largest absolute Gasteiger partial charge is 0.493 e. The molecule has 1 heterocycles. The fraction of sp³-hybridized carbons (Fsp3) is 0.308. The van der Waals surface area contributed by atoms with Crippen LogP contribution in [-0.4, -0.2) is 23.5 Å². The molecule has 0 bridgehead atoms. The smallest absolute Gasteiger partial charge is 0.172 e. The van der Waals surface area contributed by atoms with Gasteiger partial charge in [-0.25, -0.2) is 0 Å². The van der Waals surface area contributed by atoms with Gasteiger partial charge in [0.1, 0.15) is 5.82 Å². The minimum atomic E-state index is 0.506. The number of anilines is 1. The van der Waals surface area contributed by atoms with Crippen molar-refractivity contribution in [2.75, 3.05) is 19.5 Å². The molecule has 0 aliphatic heterocycles. The van der Waals surface area contributed by atoms with E-state index in [1.807, 2.05) is 6.92 Å². The van der Waals surface area contributed by atoms with Gasteiger partial charge in [0.05, 0.1) is 30.0 Å². The molecule has 19 heavy (non-hydrogen) atoms. The number of aryl methyl sites for hydroxylation is 1. The summed E-state index contributed by atoms with van der Waals surface area (Å²) in [6, 6.07) is 5.27. The van der Waals surface area contributed by atoms with E-state index >= 15 is 0 Å². The number of nitrogens with two attached hydrogens (primary N) is 1. The van der Waals surface area contributed by atoms with Crippen LogP contribution < -0.4 is 15.2 Å². The third-order valence-corrected chi connectivity index (χ3v) is 3.07. The van der Waals surface area contributed by atoms with Crippen LogP contribution in [0.1, 0.15) is 6.92 Å². The van der Waals surface area contributed by atoms with Gasteiger partial charge in [-0.15, -0.1) is 0 Å². The third kappa shape index (κ3) is 2.46. The van der Waals surface area contributed by atoms with E-state index in [1.165, 1.54) is 0 Å². The second-order valence-corrected chi connectivity index (χ2v) is 4.37. The molecule has 102 valence electrons. The van der Waals surface area contributed by atoms with Crippen LogP contribution in [0.4, 0.5) is 5.82 Å². The Bertz CT molecular complexity index is 576. The fourth-order valence-electron chi connectivity index (χ4n) is 1.83. The van der Waals surface area contributed by atoms with Gasteiger partial charge >= 0.3 is 0 Å². The Morgan fingerprint density at radius 3 is 2.68 bits per heavy atom. The number of halogens is 1. The highest BCUT2D eigenvalue weighted by Crippen LogP contribution is 2.42. The van der Waals surface area contributed by atoms with Crippen LogP contribution in [0.25, 0.3) is 11.3 Å². The predicted octanol–water partition coefficient (Wildman–Crippen LogP) is 2.73. The van der Waals surface area contributed by atoms with E-state index in [0.717, 1.165) is 0 Å². The lowest BCUT2D eigenvalue weighted by Crippen LogP contribution is -1.99. The molecule has 0 amide bonds. The number of aromatic nitrogens is 2. The van der Waals surface area contributed by atoms with Crippen molar-refractivity contribution in [2.45, 2.75) is 6.92 Å². The highest BCUT2D eigenvalue weighted by atomic mass is 35.5. The van der Waals surface area contributed by atoms with Crippen molar-refractivity contribution in [1.82, 2.24) is 9.78 Å². The first-order valence-corrected chi connectivity index (χ1v) is 6.25. The lowest BCUT2D eigenvalue weighted by Gasteiger charge is -2.14. The van der Waals surface area contributed by atoms with Crippen molar-refractivity contribution in [1.29, 1.82) is 0 Å². The molecule has 0 unspecified atom stereocenters. The van der Waals surface area contributed by atoms with Crippen LogP contribution in [0, 0.1) is 0 Å². The number of methoxy groups -OCH3 is 1. The van der Waals surface area contributed by atoms with Crippen LogP contribution in [0.15, 0.2) is 18.2 Å². The zero-order chi connectivity index (χ0) is 14.0. The van der Waals surface area contributed by atoms with Gasteiger partial charge < -0.3 is 15.2 Å². The quantitative estimate of drug-likeness (QED) is 0.936. The maximum Gasteiger partial charge on any atom is 0.172 e. The van der Waals surface area contributed by atoms with E-state index in [9.17, 15) is 0 Å². The van der Waals surface area contributed by atoms with Gasteiger partial charge in [0, 0.05) is 13.1 Å². The van der Waals surface area contributed by atoms with Crippen LogP contribution in [0.2, 0.25) is 5.02 Å². The van der Waals surface area contributed by atoms with Crippen molar-refractivity contribution < 1.29 is 9.47 Å². The molecule has 2 rings (SSSR count). The number of nitrogen functional groups attached to an aromatic ring is 1. The second kappa shape index (κ2) is 5.40. The molecule has 0 fully saturated rings. The SMILES string of the molecule is CCOc1c(OC)ccc(Cl)c1-c1cc(N)n(C)n1. The molecule has 0 spiro atoms. The lowest BCUT2D eigenvalue weighted by molar-refractivity contribution is 0.312. The molecular formula is C13H16ClN3O2. The monoisotopic (exact) mass is 281 g/mol. The zero-order valence-electron chi connectivity index (χ0n) is 11.1. The normalized spacial score (nSPS) is 10.5. The Kier molecular flexibility index (Phi) is 3.85. The molecule has 0 atom stereocenters. The molecule has 2 N–H and O–H groups in total. The van der Waals surface area contributed by atoms with E-state index in [-0.39, 0.29) is 0 Å². The summed E-state index contributed by atoms with van der Waals surface area (Å²) >= 11 is 6.26. The molecule has 0 aliphatic rings. The molecule has 2 aromatic rings. The number of ether oxygens (including phenoxy) is 2. The first-order chi connectivity index (χ1) is 9.08. The van der Waals surface area contributed by atoms with Crippen molar-refractivity contribution in [3.8, 4) is 22.8 Å². The maximum absolute atomic E-state index is 6.26. The molecule has 0 radical (unpaired) electrons. The second-order valence-electron chi connectivity index (χ2n) is 3.96. The topological polar surface area (TPSA) is 62.3 Å². The Balaban J connectivity index is 2.66. The summed E-state index contributed by atoms with van der Waals surface area (Å²) in [5, 5.41) is 4.88. The number of rotatable bonds is 4. The van der Waals surface area contributed by atoms with E-state index < -0.39 is 0 Å².